The molecule has 1 rings (SSSR count). The topological polar surface area (TPSA) is 20.3 Å². The lowest BCUT2D eigenvalue weighted by Gasteiger charge is -2.37. The van der Waals surface area contributed by atoms with Crippen LogP contribution in [0.2, 0.25) is 0 Å². The summed E-state index contributed by atoms with van der Waals surface area (Å²) in [6.07, 6.45) is 3.14. The Morgan fingerprint density at radius 3 is 2.19 bits per heavy atom. The van der Waals surface area contributed by atoms with Gasteiger partial charge < -0.3 is 0 Å². The molecule has 16 heavy (non-hydrogen) atoms. The van der Waals surface area contributed by atoms with Gasteiger partial charge >= 0.3 is 0 Å². The molecule has 0 radical (unpaired) electrons. The molecule has 1 fully saturated rings. The smallest absolute Gasteiger partial charge is 0.139 e. The van der Waals surface area contributed by atoms with Crippen LogP contribution in [0.3, 0.4) is 0 Å². The number of carbonyl (C=O) groups is 1. The van der Waals surface area contributed by atoms with Crippen molar-refractivity contribution < 1.29 is 4.79 Å². The van der Waals surface area contributed by atoms with Crippen LogP contribution in [0.15, 0.2) is 0 Å². The minimum absolute atomic E-state index is 0.188. The van der Waals surface area contributed by atoms with Gasteiger partial charge in [-0.05, 0) is 40.2 Å². The van der Waals surface area contributed by atoms with Gasteiger partial charge in [0, 0.05) is 23.4 Å². The summed E-state index contributed by atoms with van der Waals surface area (Å²) in [5.41, 5.74) is 0.00543. The van der Waals surface area contributed by atoms with E-state index in [1.54, 1.807) is 0 Å². The first-order valence-corrected chi connectivity index (χ1v) is 6.42. The monoisotopic (exact) mass is 225 g/mol. The Kier molecular flexibility index (Phi) is 3.83. The summed E-state index contributed by atoms with van der Waals surface area (Å²) >= 11 is 0. The van der Waals surface area contributed by atoms with Crippen LogP contribution in [0, 0.1) is 5.41 Å². The fourth-order valence-electron chi connectivity index (χ4n) is 2.45. The summed E-state index contributed by atoms with van der Waals surface area (Å²) in [6, 6.07) is 0.465. The van der Waals surface area contributed by atoms with E-state index in [0.29, 0.717) is 11.8 Å². The van der Waals surface area contributed by atoms with Crippen LogP contribution < -0.4 is 0 Å². The van der Waals surface area contributed by atoms with E-state index in [4.69, 9.17) is 0 Å². The molecule has 1 saturated heterocycles. The van der Waals surface area contributed by atoms with Gasteiger partial charge in [0.2, 0.25) is 0 Å². The zero-order valence-corrected chi connectivity index (χ0v) is 11.8. The molecule has 0 spiro atoms. The normalized spacial score (nSPS) is 23.8. The van der Waals surface area contributed by atoms with Gasteiger partial charge in [0.05, 0.1) is 0 Å². The van der Waals surface area contributed by atoms with Crippen LogP contribution in [0.1, 0.15) is 60.8 Å². The Morgan fingerprint density at radius 2 is 1.75 bits per heavy atom. The van der Waals surface area contributed by atoms with Gasteiger partial charge in [-0.1, -0.05) is 20.8 Å². The zero-order chi connectivity index (χ0) is 12.6. The summed E-state index contributed by atoms with van der Waals surface area (Å²) in [6.45, 7) is 13.9. The van der Waals surface area contributed by atoms with Crippen LogP contribution in [0.5, 0.6) is 0 Å². The molecule has 0 amide bonds. The lowest BCUT2D eigenvalue weighted by molar-refractivity contribution is -0.127. The Hall–Kier alpha value is -0.370. The first-order chi connectivity index (χ1) is 7.12. The van der Waals surface area contributed by atoms with E-state index in [1.807, 2.05) is 20.8 Å². The van der Waals surface area contributed by atoms with Crippen molar-refractivity contribution in [3.8, 4) is 0 Å². The molecule has 1 heterocycles. The highest BCUT2D eigenvalue weighted by Gasteiger charge is 2.35. The largest absolute Gasteiger partial charge is 0.299 e. The molecule has 0 aliphatic carbocycles. The molecule has 0 saturated carbocycles. The van der Waals surface area contributed by atoms with Crippen molar-refractivity contribution in [2.75, 3.05) is 6.54 Å². The number of carbonyl (C=O) groups excluding carboxylic acids is 1. The summed E-state index contributed by atoms with van der Waals surface area (Å²) in [5.74, 6) is 0.397. The number of Topliss-reactive ketones (excluding diaryl/α,β-unsaturated/α-hetero) is 1. The van der Waals surface area contributed by atoms with E-state index < -0.39 is 0 Å². The number of rotatable bonds is 2. The van der Waals surface area contributed by atoms with Crippen molar-refractivity contribution in [1.29, 1.82) is 0 Å². The first kappa shape index (κ1) is 13.7. The van der Waals surface area contributed by atoms with Crippen LogP contribution in [0.4, 0.5) is 0 Å². The lowest BCUT2D eigenvalue weighted by atomic mass is 9.86. The van der Waals surface area contributed by atoms with Gasteiger partial charge in [-0.15, -0.1) is 0 Å². The molecule has 0 aromatic rings. The highest BCUT2D eigenvalue weighted by Crippen LogP contribution is 2.30. The van der Waals surface area contributed by atoms with E-state index in [2.05, 4.69) is 25.7 Å². The number of likely N-dealkylation sites (tertiary alicyclic amines) is 1. The average molecular weight is 225 g/mol. The number of nitrogens with zero attached hydrogens (tertiary/aromatic N) is 1. The lowest BCUT2D eigenvalue weighted by Crippen LogP contribution is -2.46. The molecule has 1 atom stereocenters. The van der Waals surface area contributed by atoms with Gasteiger partial charge in [-0.2, -0.15) is 0 Å². The second-order valence-electron chi connectivity index (χ2n) is 7.04. The summed E-state index contributed by atoms with van der Waals surface area (Å²) in [4.78, 5) is 14.6. The Morgan fingerprint density at radius 1 is 1.19 bits per heavy atom. The van der Waals surface area contributed by atoms with E-state index in [-0.39, 0.29) is 11.0 Å². The molecule has 0 aromatic heterocycles. The van der Waals surface area contributed by atoms with Gasteiger partial charge in [-0.3, -0.25) is 9.69 Å². The minimum Gasteiger partial charge on any atom is -0.299 e. The minimum atomic E-state index is -0.188. The van der Waals surface area contributed by atoms with Crippen molar-refractivity contribution in [3.05, 3.63) is 0 Å². The number of hydrogen-bond acceptors (Lipinski definition) is 2. The second kappa shape index (κ2) is 4.48. The third-order valence-corrected chi connectivity index (χ3v) is 3.50. The Balaban J connectivity index is 2.64. The number of ketones is 1. The Labute approximate surface area is 100 Å². The van der Waals surface area contributed by atoms with Crippen molar-refractivity contribution >= 4 is 5.78 Å². The molecule has 1 aliphatic heterocycles. The molecule has 0 aromatic carbocycles. The quantitative estimate of drug-likeness (QED) is 0.719. The molecular weight excluding hydrogens is 198 g/mol. The molecular formula is C14H27NO. The van der Waals surface area contributed by atoms with Crippen LogP contribution in [0.25, 0.3) is 0 Å². The van der Waals surface area contributed by atoms with Crippen LogP contribution in [-0.4, -0.2) is 28.8 Å². The first-order valence-electron chi connectivity index (χ1n) is 6.42. The molecule has 0 unspecified atom stereocenters. The molecule has 2 heteroatoms. The van der Waals surface area contributed by atoms with E-state index in [9.17, 15) is 4.79 Å². The fraction of sp³-hybridized carbons (Fsp3) is 0.929. The molecule has 0 N–H and O–H groups in total. The highest BCUT2D eigenvalue weighted by atomic mass is 16.1. The summed E-state index contributed by atoms with van der Waals surface area (Å²) in [7, 11) is 0. The maximum Gasteiger partial charge on any atom is 0.139 e. The fourth-order valence-corrected chi connectivity index (χ4v) is 2.45. The SMILES string of the molecule is CC(C)(C)C(=O)C[C@@H]1CCCN1C(C)(C)C. The second-order valence-corrected chi connectivity index (χ2v) is 7.04. The van der Waals surface area contributed by atoms with Gasteiger partial charge in [-0.25, -0.2) is 0 Å². The van der Waals surface area contributed by atoms with E-state index in [0.717, 1.165) is 13.0 Å². The third-order valence-electron chi connectivity index (χ3n) is 3.50. The molecule has 94 valence electrons. The third kappa shape index (κ3) is 3.31. The highest BCUT2D eigenvalue weighted by molar-refractivity contribution is 5.84. The van der Waals surface area contributed by atoms with Gasteiger partial charge in [0.1, 0.15) is 5.78 Å². The van der Waals surface area contributed by atoms with Gasteiger partial charge in [0.15, 0.2) is 0 Å². The van der Waals surface area contributed by atoms with Crippen LogP contribution in [-0.2, 0) is 4.79 Å². The zero-order valence-electron chi connectivity index (χ0n) is 11.8. The summed E-state index contributed by atoms with van der Waals surface area (Å²) < 4.78 is 0. The van der Waals surface area contributed by atoms with Crippen LogP contribution >= 0.6 is 0 Å². The van der Waals surface area contributed by atoms with Crippen molar-refractivity contribution in [1.82, 2.24) is 4.90 Å². The van der Waals surface area contributed by atoms with Crippen molar-refractivity contribution in [2.45, 2.75) is 72.4 Å². The summed E-state index contributed by atoms with van der Waals surface area (Å²) in [5, 5.41) is 0. The molecule has 0 bridgehead atoms. The maximum atomic E-state index is 12.1. The van der Waals surface area contributed by atoms with Gasteiger partial charge in [0.25, 0.3) is 0 Å². The standard InChI is InChI=1S/C14H27NO/c1-13(2,3)12(16)10-11-8-7-9-15(11)14(4,5)6/h11H,7-10H2,1-6H3/t11-/m0/s1. The average Bonchev–Trinajstić information content (AvgIpc) is 2.49. The maximum absolute atomic E-state index is 12.1. The van der Waals surface area contributed by atoms with E-state index >= 15 is 0 Å². The number of hydrogen-bond donors (Lipinski definition) is 0. The molecule has 2 nitrogen and oxygen atoms in total. The molecule has 1 aliphatic rings. The van der Waals surface area contributed by atoms with E-state index in [1.165, 1.54) is 12.8 Å². The predicted octanol–water partition coefficient (Wildman–Crippen LogP) is 3.25. The Bertz CT molecular complexity index is 257. The van der Waals surface area contributed by atoms with Crippen molar-refractivity contribution in [2.24, 2.45) is 5.41 Å². The predicted molar refractivity (Wildman–Crippen MR) is 68.6 cm³/mol. The van der Waals surface area contributed by atoms with Crippen molar-refractivity contribution in [3.63, 3.8) is 0 Å².